The summed E-state index contributed by atoms with van der Waals surface area (Å²) in [5.74, 6) is 0.287. The summed E-state index contributed by atoms with van der Waals surface area (Å²) >= 11 is 0. The molecule has 1 N–H and O–H groups in total. The Morgan fingerprint density at radius 1 is 1.50 bits per heavy atom. The summed E-state index contributed by atoms with van der Waals surface area (Å²) in [6.45, 7) is 3.31. The molecule has 1 aromatic carbocycles. The normalized spacial score (nSPS) is 22.3. The van der Waals surface area contributed by atoms with Crippen LogP contribution in [-0.4, -0.2) is 20.3 Å². The van der Waals surface area contributed by atoms with Gasteiger partial charge in [-0.15, -0.1) is 0 Å². The van der Waals surface area contributed by atoms with Gasteiger partial charge in [0.15, 0.2) is 0 Å². The molecule has 1 aromatic rings. The molecule has 1 aliphatic rings. The number of ether oxygens (including phenoxy) is 1. The zero-order chi connectivity index (χ0) is 11.5. The zero-order valence-corrected chi connectivity index (χ0v) is 9.79. The van der Waals surface area contributed by atoms with Crippen molar-refractivity contribution in [2.75, 3.05) is 20.3 Å². The van der Waals surface area contributed by atoms with Crippen molar-refractivity contribution in [3.63, 3.8) is 0 Å². The van der Waals surface area contributed by atoms with Gasteiger partial charge in [-0.3, -0.25) is 0 Å². The van der Waals surface area contributed by atoms with Gasteiger partial charge in [0.1, 0.15) is 5.82 Å². The third-order valence-electron chi connectivity index (χ3n) is 3.30. The average molecular weight is 223 g/mol. The van der Waals surface area contributed by atoms with E-state index in [1.807, 2.05) is 19.2 Å². The van der Waals surface area contributed by atoms with Gasteiger partial charge in [-0.2, -0.15) is 0 Å². The summed E-state index contributed by atoms with van der Waals surface area (Å²) in [5.41, 5.74) is 1.47. The Labute approximate surface area is 95.8 Å². The first kappa shape index (κ1) is 11.6. The molecule has 0 radical (unpaired) electrons. The van der Waals surface area contributed by atoms with Crippen molar-refractivity contribution in [3.05, 3.63) is 35.1 Å². The number of halogens is 1. The SMILES string of the molecule is CNC(c1cccc(C)c1F)C1CCOC1. The molecular weight excluding hydrogens is 205 g/mol. The van der Waals surface area contributed by atoms with Gasteiger partial charge in [-0.25, -0.2) is 4.39 Å². The molecule has 1 heterocycles. The Morgan fingerprint density at radius 3 is 2.94 bits per heavy atom. The second-order valence-electron chi connectivity index (χ2n) is 4.37. The van der Waals surface area contributed by atoms with Crippen molar-refractivity contribution in [3.8, 4) is 0 Å². The van der Waals surface area contributed by atoms with Crippen LogP contribution < -0.4 is 5.32 Å². The molecule has 2 nitrogen and oxygen atoms in total. The standard InChI is InChI=1S/C13H18FNO/c1-9-4-3-5-11(12(9)14)13(15-2)10-6-7-16-8-10/h3-5,10,13,15H,6-8H2,1-2H3. The van der Waals surface area contributed by atoms with Crippen LogP contribution in [0.4, 0.5) is 4.39 Å². The highest BCUT2D eigenvalue weighted by molar-refractivity contribution is 5.28. The van der Waals surface area contributed by atoms with E-state index in [1.54, 1.807) is 13.0 Å². The topological polar surface area (TPSA) is 21.3 Å². The highest BCUT2D eigenvalue weighted by Gasteiger charge is 2.27. The third kappa shape index (κ3) is 2.11. The van der Waals surface area contributed by atoms with E-state index < -0.39 is 0 Å². The van der Waals surface area contributed by atoms with E-state index in [-0.39, 0.29) is 11.9 Å². The molecule has 1 fully saturated rings. The zero-order valence-electron chi connectivity index (χ0n) is 9.79. The minimum atomic E-state index is -0.0891. The van der Waals surface area contributed by atoms with Gasteiger partial charge < -0.3 is 10.1 Å². The summed E-state index contributed by atoms with van der Waals surface area (Å²) in [4.78, 5) is 0. The molecule has 1 aliphatic heterocycles. The maximum absolute atomic E-state index is 14.0. The van der Waals surface area contributed by atoms with Crippen LogP contribution in [0.15, 0.2) is 18.2 Å². The summed E-state index contributed by atoms with van der Waals surface area (Å²) in [6, 6.07) is 5.63. The van der Waals surface area contributed by atoms with Gasteiger partial charge in [-0.05, 0) is 26.0 Å². The van der Waals surface area contributed by atoms with Crippen LogP contribution in [0.1, 0.15) is 23.6 Å². The van der Waals surface area contributed by atoms with Crippen LogP contribution in [0.5, 0.6) is 0 Å². The quantitative estimate of drug-likeness (QED) is 0.849. The molecule has 2 unspecified atom stereocenters. The van der Waals surface area contributed by atoms with Gasteiger partial charge in [0.2, 0.25) is 0 Å². The van der Waals surface area contributed by atoms with E-state index in [4.69, 9.17) is 4.74 Å². The van der Waals surface area contributed by atoms with Gasteiger partial charge in [0, 0.05) is 24.1 Å². The maximum atomic E-state index is 14.0. The van der Waals surface area contributed by atoms with E-state index in [1.165, 1.54) is 0 Å². The molecule has 0 aliphatic carbocycles. The minimum absolute atomic E-state index is 0.0578. The number of hydrogen-bond acceptors (Lipinski definition) is 2. The molecule has 0 bridgehead atoms. The molecule has 16 heavy (non-hydrogen) atoms. The predicted molar refractivity (Wildman–Crippen MR) is 61.9 cm³/mol. The van der Waals surface area contributed by atoms with Crippen molar-refractivity contribution < 1.29 is 9.13 Å². The molecule has 2 atom stereocenters. The molecule has 0 saturated carbocycles. The Bertz CT molecular complexity index is 361. The highest BCUT2D eigenvalue weighted by Crippen LogP contribution is 2.30. The van der Waals surface area contributed by atoms with Crippen molar-refractivity contribution >= 4 is 0 Å². The molecular formula is C13H18FNO. The summed E-state index contributed by atoms with van der Waals surface area (Å²) in [7, 11) is 1.88. The average Bonchev–Trinajstić information content (AvgIpc) is 2.79. The van der Waals surface area contributed by atoms with E-state index in [2.05, 4.69) is 5.32 Å². The second kappa shape index (κ2) is 4.93. The second-order valence-corrected chi connectivity index (χ2v) is 4.37. The Hall–Kier alpha value is -0.930. The first-order valence-corrected chi connectivity index (χ1v) is 5.74. The first-order chi connectivity index (χ1) is 7.74. The first-order valence-electron chi connectivity index (χ1n) is 5.74. The van der Waals surface area contributed by atoms with Gasteiger partial charge in [0.05, 0.1) is 6.61 Å². The van der Waals surface area contributed by atoms with E-state index in [0.717, 1.165) is 25.2 Å². The minimum Gasteiger partial charge on any atom is -0.381 e. The van der Waals surface area contributed by atoms with E-state index >= 15 is 0 Å². The van der Waals surface area contributed by atoms with Gasteiger partial charge in [-0.1, -0.05) is 18.2 Å². The van der Waals surface area contributed by atoms with Crippen LogP contribution in [0.3, 0.4) is 0 Å². The summed E-state index contributed by atoms with van der Waals surface area (Å²) in [5, 5.41) is 3.21. The smallest absolute Gasteiger partial charge is 0.130 e. The van der Waals surface area contributed by atoms with Crippen molar-refractivity contribution in [1.29, 1.82) is 0 Å². The van der Waals surface area contributed by atoms with Crippen molar-refractivity contribution in [1.82, 2.24) is 5.32 Å². The molecule has 0 spiro atoms. The van der Waals surface area contributed by atoms with Crippen LogP contribution in [0, 0.1) is 18.7 Å². The Balaban J connectivity index is 2.28. The van der Waals surface area contributed by atoms with Crippen molar-refractivity contribution in [2.24, 2.45) is 5.92 Å². The molecule has 0 aromatic heterocycles. The number of rotatable bonds is 3. The predicted octanol–water partition coefficient (Wildman–Crippen LogP) is 2.43. The molecule has 3 heteroatoms. The number of aryl methyl sites for hydroxylation is 1. The third-order valence-corrected chi connectivity index (χ3v) is 3.30. The largest absolute Gasteiger partial charge is 0.381 e. The fourth-order valence-electron chi connectivity index (χ4n) is 2.37. The van der Waals surface area contributed by atoms with Crippen LogP contribution in [0.2, 0.25) is 0 Å². The Morgan fingerprint density at radius 2 is 2.31 bits per heavy atom. The summed E-state index contributed by atoms with van der Waals surface area (Å²) in [6.07, 6.45) is 0.999. The number of benzene rings is 1. The highest BCUT2D eigenvalue weighted by atomic mass is 19.1. The van der Waals surface area contributed by atoms with Gasteiger partial charge in [0.25, 0.3) is 0 Å². The number of nitrogens with one attached hydrogen (secondary N) is 1. The monoisotopic (exact) mass is 223 g/mol. The molecule has 1 saturated heterocycles. The van der Waals surface area contributed by atoms with Crippen molar-refractivity contribution in [2.45, 2.75) is 19.4 Å². The van der Waals surface area contributed by atoms with Gasteiger partial charge >= 0.3 is 0 Å². The lowest BCUT2D eigenvalue weighted by Crippen LogP contribution is -2.26. The lowest BCUT2D eigenvalue weighted by atomic mass is 9.91. The Kier molecular flexibility index (Phi) is 3.56. The lowest BCUT2D eigenvalue weighted by Gasteiger charge is -2.23. The summed E-state index contributed by atoms with van der Waals surface area (Å²) < 4.78 is 19.4. The number of hydrogen-bond donors (Lipinski definition) is 1. The molecule has 88 valence electrons. The fourth-order valence-corrected chi connectivity index (χ4v) is 2.37. The van der Waals surface area contributed by atoms with E-state index in [9.17, 15) is 4.39 Å². The van der Waals surface area contributed by atoms with Crippen LogP contribution in [0.25, 0.3) is 0 Å². The van der Waals surface area contributed by atoms with Crippen LogP contribution >= 0.6 is 0 Å². The lowest BCUT2D eigenvalue weighted by molar-refractivity contribution is 0.177. The molecule has 0 amide bonds. The van der Waals surface area contributed by atoms with E-state index in [0.29, 0.717) is 11.5 Å². The van der Waals surface area contributed by atoms with Crippen LogP contribution in [-0.2, 0) is 4.74 Å². The maximum Gasteiger partial charge on any atom is 0.130 e. The molecule has 2 rings (SSSR count). The fraction of sp³-hybridized carbons (Fsp3) is 0.538.